The summed E-state index contributed by atoms with van der Waals surface area (Å²) in [6, 6.07) is 15.8. The molecule has 0 unspecified atom stereocenters. The molecule has 2 aromatic carbocycles. The van der Waals surface area contributed by atoms with Crippen molar-refractivity contribution < 1.29 is 18.0 Å². The van der Waals surface area contributed by atoms with E-state index in [1.165, 1.54) is 41.7 Å². The van der Waals surface area contributed by atoms with Gasteiger partial charge in [-0.3, -0.25) is 9.59 Å². The number of benzene rings is 2. The molecule has 0 aliphatic rings. The van der Waals surface area contributed by atoms with Crippen LogP contribution in [-0.4, -0.2) is 26.2 Å². The Kier molecular flexibility index (Phi) is 7.63. The van der Waals surface area contributed by atoms with Gasteiger partial charge in [0, 0.05) is 10.2 Å². The van der Waals surface area contributed by atoms with Gasteiger partial charge in [0.25, 0.3) is 21.8 Å². The van der Waals surface area contributed by atoms with Crippen molar-refractivity contribution in [1.29, 1.82) is 0 Å². The number of sulfonamides is 1. The van der Waals surface area contributed by atoms with Gasteiger partial charge >= 0.3 is 0 Å². The largest absolute Gasteiger partial charge is 0.369 e. The van der Waals surface area contributed by atoms with Gasteiger partial charge in [-0.15, -0.1) is 15.7 Å². The van der Waals surface area contributed by atoms with Crippen LogP contribution in [0.25, 0.3) is 6.08 Å². The number of carbonyl (C=O) groups is 2. The van der Waals surface area contributed by atoms with Crippen molar-refractivity contribution in [1.82, 2.24) is 5.32 Å². The van der Waals surface area contributed by atoms with E-state index < -0.39 is 27.8 Å². The first-order valence-corrected chi connectivity index (χ1v) is 12.3. The minimum Gasteiger partial charge on any atom is -0.369 e. The minimum atomic E-state index is -4.05. The van der Waals surface area contributed by atoms with Gasteiger partial charge < -0.3 is 22.1 Å². The third-order valence-corrected chi connectivity index (χ3v) is 6.77. The highest BCUT2D eigenvalue weighted by atomic mass is 79.9. The maximum absolute atomic E-state index is 12.9. The maximum atomic E-state index is 12.9. The molecular formula is C21H18BrN5O4S2. The van der Waals surface area contributed by atoms with Gasteiger partial charge in [-0.2, -0.15) is 8.42 Å². The smallest absolute Gasteiger partial charge is 0.285 e. The molecule has 0 saturated heterocycles. The van der Waals surface area contributed by atoms with E-state index in [9.17, 15) is 18.0 Å². The van der Waals surface area contributed by atoms with E-state index in [4.69, 9.17) is 11.5 Å². The van der Waals surface area contributed by atoms with E-state index in [0.29, 0.717) is 16.1 Å². The molecule has 0 spiro atoms. The fraction of sp³-hybridized carbons (Fsp3) is 0. The van der Waals surface area contributed by atoms with Crippen LogP contribution in [0.1, 0.15) is 15.2 Å². The Bertz CT molecular complexity index is 1310. The molecule has 3 aromatic rings. The SMILES string of the molecule is NC(N)=NS(=O)(=O)c1ccc(NC(=O)/C(=C\c2ccc(Br)cc2)NC(=O)c2cccs2)cc1. The number of rotatable bonds is 7. The number of hydrogen-bond donors (Lipinski definition) is 4. The molecule has 2 amide bonds. The first-order chi connectivity index (χ1) is 15.6. The van der Waals surface area contributed by atoms with Crippen LogP contribution < -0.4 is 22.1 Å². The molecule has 6 N–H and O–H groups in total. The topological polar surface area (TPSA) is 157 Å². The lowest BCUT2D eigenvalue weighted by atomic mass is 10.2. The van der Waals surface area contributed by atoms with E-state index in [1.54, 1.807) is 41.8 Å². The fourth-order valence-electron chi connectivity index (χ4n) is 2.58. The standard InChI is InChI=1S/C21H18BrN5O4S2/c22-14-5-3-13(4-6-14)12-17(26-20(29)18-2-1-11-32-18)19(28)25-15-7-9-16(10-8-15)33(30,31)27-21(23)24/h1-12H,(H,25,28)(H,26,29)(H4,23,24,27)/b17-12+. The number of amides is 2. The summed E-state index contributed by atoms with van der Waals surface area (Å²) in [7, 11) is -4.05. The predicted molar refractivity (Wildman–Crippen MR) is 132 cm³/mol. The van der Waals surface area contributed by atoms with E-state index in [0.717, 1.165) is 4.47 Å². The molecule has 0 radical (unpaired) electrons. The number of hydrogen-bond acceptors (Lipinski definition) is 5. The lowest BCUT2D eigenvalue weighted by Crippen LogP contribution is -2.30. The molecule has 1 heterocycles. The summed E-state index contributed by atoms with van der Waals surface area (Å²) in [5.74, 6) is -1.61. The van der Waals surface area contributed by atoms with E-state index in [2.05, 4.69) is 31.0 Å². The highest BCUT2D eigenvalue weighted by Gasteiger charge is 2.17. The number of nitrogens with two attached hydrogens (primary N) is 2. The Labute approximate surface area is 202 Å². The fourth-order valence-corrected chi connectivity index (χ4v) is 4.32. The van der Waals surface area contributed by atoms with Crippen molar-refractivity contribution in [3.05, 3.63) is 86.7 Å². The van der Waals surface area contributed by atoms with Crippen LogP contribution >= 0.6 is 27.3 Å². The van der Waals surface area contributed by atoms with Gasteiger partial charge in [0.1, 0.15) is 5.70 Å². The molecule has 0 aliphatic carbocycles. The Morgan fingerprint density at radius 3 is 2.24 bits per heavy atom. The lowest BCUT2D eigenvalue weighted by Gasteiger charge is -2.11. The number of thiophene rings is 1. The summed E-state index contributed by atoms with van der Waals surface area (Å²) in [5, 5.41) is 7.02. The summed E-state index contributed by atoms with van der Waals surface area (Å²) >= 11 is 4.59. The van der Waals surface area contributed by atoms with Gasteiger partial charge in [-0.05, 0) is 59.5 Å². The average molecular weight is 548 g/mol. The summed E-state index contributed by atoms with van der Waals surface area (Å²) in [6.45, 7) is 0. The summed E-state index contributed by atoms with van der Waals surface area (Å²) in [5.41, 5.74) is 11.3. The molecule has 0 bridgehead atoms. The minimum absolute atomic E-state index is 0.00734. The molecule has 0 aliphatic heterocycles. The highest BCUT2D eigenvalue weighted by molar-refractivity contribution is 9.10. The second-order valence-electron chi connectivity index (χ2n) is 6.51. The Balaban J connectivity index is 1.84. The van der Waals surface area contributed by atoms with Crippen LogP contribution in [0.5, 0.6) is 0 Å². The first kappa shape index (κ1) is 24.2. The lowest BCUT2D eigenvalue weighted by molar-refractivity contribution is -0.113. The zero-order valence-electron chi connectivity index (χ0n) is 16.9. The van der Waals surface area contributed by atoms with Crippen molar-refractivity contribution in [2.24, 2.45) is 15.9 Å². The number of carbonyl (C=O) groups excluding carboxylic acids is 2. The molecule has 0 fully saturated rings. The highest BCUT2D eigenvalue weighted by Crippen LogP contribution is 2.18. The van der Waals surface area contributed by atoms with Crippen LogP contribution in [0.15, 0.2) is 85.5 Å². The van der Waals surface area contributed by atoms with E-state index in [1.807, 2.05) is 0 Å². The number of nitrogens with one attached hydrogen (secondary N) is 2. The zero-order chi connectivity index (χ0) is 24.0. The zero-order valence-corrected chi connectivity index (χ0v) is 20.1. The van der Waals surface area contributed by atoms with E-state index in [-0.39, 0.29) is 10.6 Å². The number of anilines is 1. The van der Waals surface area contributed by atoms with Gasteiger partial charge in [0.2, 0.25) is 5.96 Å². The average Bonchev–Trinajstić information content (AvgIpc) is 3.29. The van der Waals surface area contributed by atoms with Crippen molar-refractivity contribution in [2.45, 2.75) is 4.90 Å². The van der Waals surface area contributed by atoms with Crippen LogP contribution in [0.4, 0.5) is 5.69 Å². The van der Waals surface area contributed by atoms with Gasteiger partial charge in [0.15, 0.2) is 0 Å². The second-order valence-corrected chi connectivity index (χ2v) is 9.98. The number of guanidine groups is 1. The molecule has 170 valence electrons. The van der Waals surface area contributed by atoms with Crippen LogP contribution in [0, 0.1) is 0 Å². The molecular weight excluding hydrogens is 530 g/mol. The van der Waals surface area contributed by atoms with E-state index >= 15 is 0 Å². The van der Waals surface area contributed by atoms with Crippen molar-refractivity contribution in [3.8, 4) is 0 Å². The summed E-state index contributed by atoms with van der Waals surface area (Å²) in [6.07, 6.45) is 1.53. The molecule has 3 rings (SSSR count). The molecule has 33 heavy (non-hydrogen) atoms. The Hall–Kier alpha value is -3.48. The van der Waals surface area contributed by atoms with Crippen molar-refractivity contribution >= 4 is 66.8 Å². The predicted octanol–water partition coefficient (Wildman–Crippen LogP) is 2.88. The monoisotopic (exact) mass is 547 g/mol. The number of halogens is 1. The van der Waals surface area contributed by atoms with Gasteiger partial charge in [0.05, 0.1) is 9.77 Å². The molecule has 0 atom stereocenters. The molecule has 0 saturated carbocycles. The molecule has 1 aromatic heterocycles. The van der Waals surface area contributed by atoms with Crippen LogP contribution in [0.2, 0.25) is 0 Å². The second kappa shape index (κ2) is 10.4. The molecule has 12 heteroatoms. The summed E-state index contributed by atoms with van der Waals surface area (Å²) in [4.78, 5) is 25.8. The van der Waals surface area contributed by atoms with Crippen LogP contribution in [-0.2, 0) is 14.8 Å². The Morgan fingerprint density at radius 1 is 1.00 bits per heavy atom. The number of nitrogens with zero attached hydrogens (tertiary/aromatic N) is 1. The third-order valence-electron chi connectivity index (χ3n) is 4.05. The molecule has 9 nitrogen and oxygen atoms in total. The first-order valence-electron chi connectivity index (χ1n) is 9.23. The third kappa shape index (κ3) is 6.75. The normalized spacial score (nSPS) is 11.5. The quantitative estimate of drug-likeness (QED) is 0.202. The maximum Gasteiger partial charge on any atom is 0.285 e. The Morgan fingerprint density at radius 2 is 1.67 bits per heavy atom. The van der Waals surface area contributed by atoms with Gasteiger partial charge in [-0.1, -0.05) is 34.1 Å². The van der Waals surface area contributed by atoms with Crippen LogP contribution in [0.3, 0.4) is 0 Å². The van der Waals surface area contributed by atoms with Crippen molar-refractivity contribution in [2.75, 3.05) is 5.32 Å². The van der Waals surface area contributed by atoms with Gasteiger partial charge in [-0.25, -0.2) is 0 Å². The summed E-state index contributed by atoms with van der Waals surface area (Å²) < 4.78 is 28.2. The van der Waals surface area contributed by atoms with Crippen molar-refractivity contribution in [3.63, 3.8) is 0 Å².